The minimum atomic E-state index is -1.77. The zero-order chi connectivity index (χ0) is 17.2. The van der Waals surface area contributed by atoms with Crippen LogP contribution in [0.2, 0.25) is 0 Å². The maximum absolute atomic E-state index is 13.1. The molecule has 6 heteroatoms. The van der Waals surface area contributed by atoms with Crippen molar-refractivity contribution in [2.24, 2.45) is 0 Å². The molecule has 2 aromatic rings. The number of benzene rings is 2. The first-order chi connectivity index (χ1) is 10.8. The largest absolute Gasteiger partial charge is 0.479 e. The summed E-state index contributed by atoms with van der Waals surface area (Å²) in [6, 6.07) is 9.78. The van der Waals surface area contributed by atoms with Crippen molar-refractivity contribution < 1.29 is 23.5 Å². The van der Waals surface area contributed by atoms with Gasteiger partial charge in [-0.1, -0.05) is 12.1 Å². The molecular weight excluding hydrogens is 304 g/mol. The van der Waals surface area contributed by atoms with E-state index in [0.717, 1.165) is 29.2 Å². The lowest BCUT2D eigenvalue weighted by Gasteiger charge is -2.37. The summed E-state index contributed by atoms with van der Waals surface area (Å²) in [6.07, 6.45) is 0. The van der Waals surface area contributed by atoms with Crippen molar-refractivity contribution in [3.05, 3.63) is 65.7 Å². The second-order valence-electron chi connectivity index (χ2n) is 5.22. The van der Waals surface area contributed by atoms with Gasteiger partial charge in [-0.05, 0) is 48.9 Å². The molecule has 0 aliphatic rings. The Balaban J connectivity index is 2.64. The normalized spacial score (nSPS) is 13.2. The quantitative estimate of drug-likeness (QED) is 0.940. The van der Waals surface area contributed by atoms with Gasteiger partial charge in [0, 0.05) is 12.6 Å². The van der Waals surface area contributed by atoms with E-state index in [0.29, 0.717) is 0 Å². The number of carboxylic acid groups (broad SMARTS) is 1. The lowest BCUT2D eigenvalue weighted by molar-refractivity contribution is -0.144. The highest BCUT2D eigenvalue weighted by atomic mass is 19.1. The van der Waals surface area contributed by atoms with Crippen LogP contribution in [0.15, 0.2) is 48.5 Å². The second-order valence-corrected chi connectivity index (χ2v) is 5.22. The van der Waals surface area contributed by atoms with Gasteiger partial charge in [-0.15, -0.1) is 0 Å². The highest BCUT2D eigenvalue weighted by Crippen LogP contribution is 2.34. The molecule has 2 rings (SSSR count). The number of amides is 1. The molecule has 0 aromatic heterocycles. The summed E-state index contributed by atoms with van der Waals surface area (Å²) >= 11 is 0. The maximum atomic E-state index is 13.1. The molecular formula is C17H15F2NO3. The molecule has 0 heterocycles. The van der Waals surface area contributed by atoms with E-state index < -0.39 is 29.0 Å². The molecule has 0 saturated heterocycles. The van der Waals surface area contributed by atoms with Crippen molar-refractivity contribution in [2.75, 3.05) is 4.90 Å². The summed E-state index contributed by atoms with van der Waals surface area (Å²) in [7, 11) is 0. The third kappa shape index (κ3) is 3.06. The molecule has 1 unspecified atom stereocenters. The number of aliphatic carboxylic acids is 1. The van der Waals surface area contributed by atoms with Gasteiger partial charge >= 0.3 is 5.97 Å². The molecule has 1 atom stereocenters. The molecule has 2 aromatic carbocycles. The molecule has 0 radical (unpaired) electrons. The number of carbonyl (C=O) groups excluding carboxylic acids is 1. The lowest BCUT2D eigenvalue weighted by Crippen LogP contribution is -2.52. The summed E-state index contributed by atoms with van der Waals surface area (Å²) in [6.45, 7) is 2.56. The Morgan fingerprint density at radius 3 is 1.78 bits per heavy atom. The predicted molar refractivity (Wildman–Crippen MR) is 80.9 cm³/mol. The summed E-state index contributed by atoms with van der Waals surface area (Å²) in [5, 5.41) is 9.73. The molecule has 0 fully saturated rings. The SMILES string of the molecule is CC(=O)N(c1ccc(F)cc1)C(C)(C(=O)O)c1ccc(F)cc1. The van der Waals surface area contributed by atoms with Crippen LogP contribution < -0.4 is 4.90 Å². The monoisotopic (exact) mass is 319 g/mol. The predicted octanol–water partition coefficient (Wildman–Crippen LogP) is 3.32. The third-order valence-corrected chi connectivity index (χ3v) is 3.67. The van der Waals surface area contributed by atoms with Crippen LogP contribution in [0.5, 0.6) is 0 Å². The zero-order valence-corrected chi connectivity index (χ0v) is 12.6. The van der Waals surface area contributed by atoms with Crippen molar-refractivity contribution in [3.8, 4) is 0 Å². The molecule has 4 nitrogen and oxygen atoms in total. The highest BCUT2D eigenvalue weighted by Gasteiger charge is 2.44. The lowest BCUT2D eigenvalue weighted by atomic mass is 9.89. The number of hydrogen-bond acceptors (Lipinski definition) is 2. The number of carbonyl (C=O) groups is 2. The standard InChI is InChI=1S/C17H15F2NO3/c1-11(21)20(15-9-7-14(19)8-10-15)17(2,16(22)23)12-3-5-13(18)6-4-12/h3-10H,1-2H3,(H,22,23). The van der Waals surface area contributed by atoms with Gasteiger partial charge in [-0.2, -0.15) is 0 Å². The van der Waals surface area contributed by atoms with Crippen molar-refractivity contribution in [3.63, 3.8) is 0 Å². The van der Waals surface area contributed by atoms with Crippen molar-refractivity contribution in [1.29, 1.82) is 0 Å². The zero-order valence-electron chi connectivity index (χ0n) is 12.6. The van der Waals surface area contributed by atoms with Gasteiger partial charge in [0.2, 0.25) is 5.91 Å². The smallest absolute Gasteiger partial charge is 0.334 e. The fraction of sp³-hybridized carbons (Fsp3) is 0.176. The Morgan fingerprint density at radius 1 is 0.957 bits per heavy atom. The first-order valence-corrected chi connectivity index (χ1v) is 6.82. The summed E-state index contributed by atoms with van der Waals surface area (Å²) in [5.41, 5.74) is -1.31. The number of rotatable bonds is 4. The summed E-state index contributed by atoms with van der Waals surface area (Å²) in [5.74, 6) is -2.84. The second kappa shape index (κ2) is 6.16. The number of halogens is 2. The van der Waals surface area contributed by atoms with Crippen LogP contribution in [0.3, 0.4) is 0 Å². The van der Waals surface area contributed by atoms with Gasteiger partial charge in [0.15, 0.2) is 5.54 Å². The van der Waals surface area contributed by atoms with Crippen LogP contribution >= 0.6 is 0 Å². The van der Waals surface area contributed by atoms with E-state index in [2.05, 4.69) is 0 Å². The number of hydrogen-bond donors (Lipinski definition) is 1. The van der Waals surface area contributed by atoms with Crippen LogP contribution in [0.25, 0.3) is 0 Å². The van der Waals surface area contributed by atoms with Gasteiger partial charge < -0.3 is 5.11 Å². The Bertz CT molecular complexity index is 729. The Labute approximate surface area is 132 Å². The van der Waals surface area contributed by atoms with Crippen LogP contribution in [-0.2, 0) is 15.1 Å². The topological polar surface area (TPSA) is 57.6 Å². The maximum Gasteiger partial charge on any atom is 0.334 e. The highest BCUT2D eigenvalue weighted by molar-refractivity contribution is 6.00. The number of anilines is 1. The van der Waals surface area contributed by atoms with E-state index in [1.807, 2.05) is 0 Å². The van der Waals surface area contributed by atoms with E-state index in [1.54, 1.807) is 0 Å². The molecule has 0 saturated carbocycles. The van der Waals surface area contributed by atoms with E-state index in [9.17, 15) is 23.5 Å². The van der Waals surface area contributed by atoms with E-state index >= 15 is 0 Å². The average Bonchev–Trinajstić information content (AvgIpc) is 2.49. The fourth-order valence-corrected chi connectivity index (χ4v) is 2.47. The van der Waals surface area contributed by atoms with Crippen LogP contribution in [0.1, 0.15) is 19.4 Å². The van der Waals surface area contributed by atoms with E-state index in [1.165, 1.54) is 38.1 Å². The van der Waals surface area contributed by atoms with Gasteiger partial charge in [-0.3, -0.25) is 9.69 Å². The number of carboxylic acids is 1. The first-order valence-electron chi connectivity index (χ1n) is 6.82. The molecule has 0 aliphatic carbocycles. The van der Waals surface area contributed by atoms with Crippen LogP contribution in [0.4, 0.5) is 14.5 Å². The van der Waals surface area contributed by atoms with E-state index in [4.69, 9.17) is 0 Å². The number of nitrogens with zero attached hydrogens (tertiary/aromatic N) is 1. The Hall–Kier alpha value is -2.76. The van der Waals surface area contributed by atoms with Crippen molar-refractivity contribution >= 4 is 17.6 Å². The Kier molecular flexibility index (Phi) is 4.45. The summed E-state index contributed by atoms with van der Waals surface area (Å²) in [4.78, 5) is 25.1. The van der Waals surface area contributed by atoms with E-state index in [-0.39, 0.29) is 11.3 Å². The Morgan fingerprint density at radius 2 is 1.39 bits per heavy atom. The molecule has 0 aliphatic heterocycles. The third-order valence-electron chi connectivity index (χ3n) is 3.67. The molecule has 120 valence electrons. The van der Waals surface area contributed by atoms with Crippen LogP contribution in [0, 0.1) is 11.6 Å². The molecule has 23 heavy (non-hydrogen) atoms. The fourth-order valence-electron chi connectivity index (χ4n) is 2.47. The summed E-state index contributed by atoms with van der Waals surface area (Å²) < 4.78 is 26.2. The average molecular weight is 319 g/mol. The van der Waals surface area contributed by atoms with Gasteiger partial charge in [-0.25, -0.2) is 13.6 Å². The van der Waals surface area contributed by atoms with Crippen molar-refractivity contribution in [1.82, 2.24) is 0 Å². The van der Waals surface area contributed by atoms with Crippen LogP contribution in [-0.4, -0.2) is 17.0 Å². The molecule has 1 amide bonds. The molecule has 0 bridgehead atoms. The van der Waals surface area contributed by atoms with Crippen molar-refractivity contribution in [2.45, 2.75) is 19.4 Å². The minimum absolute atomic E-state index is 0.228. The van der Waals surface area contributed by atoms with Gasteiger partial charge in [0.05, 0.1) is 0 Å². The minimum Gasteiger partial charge on any atom is -0.479 e. The molecule has 0 spiro atoms. The molecule has 1 N–H and O–H groups in total. The first kappa shape index (κ1) is 16.6. The van der Waals surface area contributed by atoms with Gasteiger partial charge in [0.1, 0.15) is 11.6 Å². The van der Waals surface area contributed by atoms with Gasteiger partial charge in [0.25, 0.3) is 0 Å².